The molecule has 1 saturated heterocycles. The number of morpholine rings is 1. The van der Waals surface area contributed by atoms with Gasteiger partial charge in [0.15, 0.2) is 0 Å². The lowest BCUT2D eigenvalue weighted by Gasteiger charge is -2.25. The van der Waals surface area contributed by atoms with E-state index in [4.69, 9.17) is 10.5 Å². The molecule has 69 valence electrons. The van der Waals surface area contributed by atoms with E-state index < -0.39 is 6.03 Å². The van der Waals surface area contributed by atoms with Crippen LogP contribution in [0.15, 0.2) is 0 Å². The van der Waals surface area contributed by atoms with Crippen molar-refractivity contribution >= 4 is 6.03 Å². The van der Waals surface area contributed by atoms with Crippen LogP contribution in [0.5, 0.6) is 0 Å². The minimum atomic E-state index is -0.580. The molecule has 2 amide bonds. The first-order valence-corrected chi connectivity index (χ1v) is 4.06. The highest BCUT2D eigenvalue weighted by Crippen LogP contribution is 1.94. The van der Waals surface area contributed by atoms with Gasteiger partial charge in [0.05, 0.1) is 19.8 Å². The number of carbonyl (C=O) groups excluding carboxylic acids is 1. The summed E-state index contributed by atoms with van der Waals surface area (Å²) >= 11 is 0. The maximum atomic E-state index is 10.3. The van der Waals surface area contributed by atoms with Crippen LogP contribution in [0.4, 0.5) is 4.79 Å². The fraction of sp³-hybridized carbons (Fsp3) is 0.857. The molecular formula is C7H14N3O2. The van der Waals surface area contributed by atoms with Crippen LogP contribution in [0.2, 0.25) is 0 Å². The van der Waals surface area contributed by atoms with Gasteiger partial charge in [-0.05, 0) is 0 Å². The fourth-order valence-corrected chi connectivity index (χ4v) is 1.13. The highest BCUT2D eigenvalue weighted by atomic mass is 16.5. The Morgan fingerprint density at radius 3 is 2.75 bits per heavy atom. The smallest absolute Gasteiger partial charge is 0.333 e. The number of amides is 2. The second-order valence-electron chi connectivity index (χ2n) is 2.67. The molecule has 0 saturated carbocycles. The second kappa shape index (κ2) is 4.95. The van der Waals surface area contributed by atoms with Gasteiger partial charge in [-0.15, -0.1) is 0 Å². The molecule has 1 aliphatic heterocycles. The first kappa shape index (κ1) is 9.28. The topological polar surface area (TPSA) is 69.7 Å². The lowest BCUT2D eigenvalue weighted by Crippen LogP contribution is -2.40. The summed E-state index contributed by atoms with van der Waals surface area (Å²) in [5.41, 5.74) is 4.86. The Morgan fingerprint density at radius 1 is 1.50 bits per heavy atom. The summed E-state index contributed by atoms with van der Waals surface area (Å²) in [6.45, 7) is 4.69. The van der Waals surface area contributed by atoms with Gasteiger partial charge in [-0.3, -0.25) is 4.90 Å². The van der Waals surface area contributed by atoms with Crippen LogP contribution >= 0.6 is 0 Å². The Kier molecular flexibility index (Phi) is 3.83. The molecule has 5 heteroatoms. The van der Waals surface area contributed by atoms with Crippen LogP contribution in [-0.4, -0.2) is 50.3 Å². The van der Waals surface area contributed by atoms with Crippen molar-refractivity contribution in [1.82, 2.24) is 10.2 Å². The molecule has 1 heterocycles. The zero-order valence-electron chi connectivity index (χ0n) is 7.03. The molecule has 1 rings (SSSR count). The summed E-state index contributed by atoms with van der Waals surface area (Å²) in [6.07, 6.45) is 0. The van der Waals surface area contributed by atoms with Gasteiger partial charge >= 0.3 is 6.03 Å². The zero-order valence-corrected chi connectivity index (χ0v) is 7.03. The molecule has 1 fully saturated rings. The number of hydrogen-bond donors (Lipinski definition) is 1. The van der Waals surface area contributed by atoms with Crippen molar-refractivity contribution in [1.29, 1.82) is 0 Å². The lowest BCUT2D eigenvalue weighted by atomic mass is 10.4. The van der Waals surface area contributed by atoms with Crippen LogP contribution in [0.1, 0.15) is 0 Å². The summed E-state index contributed by atoms with van der Waals surface area (Å²) in [5.74, 6) is 0. The molecule has 0 spiro atoms. The van der Waals surface area contributed by atoms with Gasteiger partial charge in [0.1, 0.15) is 0 Å². The Bertz CT molecular complexity index is 146. The van der Waals surface area contributed by atoms with Crippen LogP contribution in [0.3, 0.4) is 0 Å². The molecule has 0 atom stereocenters. The molecule has 12 heavy (non-hydrogen) atoms. The highest BCUT2D eigenvalue weighted by molar-refractivity contribution is 5.71. The van der Waals surface area contributed by atoms with Crippen molar-refractivity contribution in [3.63, 3.8) is 0 Å². The molecule has 0 aliphatic carbocycles. The maximum absolute atomic E-state index is 10.3. The molecule has 0 aromatic carbocycles. The quantitative estimate of drug-likeness (QED) is 0.593. The minimum absolute atomic E-state index is 0.495. The van der Waals surface area contributed by atoms with Gasteiger partial charge < -0.3 is 10.5 Å². The van der Waals surface area contributed by atoms with E-state index in [0.717, 1.165) is 32.8 Å². The summed E-state index contributed by atoms with van der Waals surface area (Å²) in [6, 6.07) is -0.580. The van der Waals surface area contributed by atoms with Crippen molar-refractivity contribution in [3.8, 4) is 0 Å². The van der Waals surface area contributed by atoms with E-state index in [0.29, 0.717) is 6.54 Å². The van der Waals surface area contributed by atoms with Gasteiger partial charge in [0, 0.05) is 19.6 Å². The third-order valence-corrected chi connectivity index (χ3v) is 1.79. The number of ether oxygens (including phenoxy) is 1. The molecule has 1 radical (unpaired) electrons. The van der Waals surface area contributed by atoms with Gasteiger partial charge in [0.25, 0.3) is 0 Å². The van der Waals surface area contributed by atoms with Gasteiger partial charge in [0.2, 0.25) is 0 Å². The van der Waals surface area contributed by atoms with E-state index in [1.165, 1.54) is 0 Å². The van der Waals surface area contributed by atoms with Crippen molar-refractivity contribution in [2.75, 3.05) is 39.4 Å². The Labute approximate surface area is 71.8 Å². The Balaban J connectivity index is 2.01. The van der Waals surface area contributed by atoms with Crippen molar-refractivity contribution < 1.29 is 9.53 Å². The summed E-state index contributed by atoms with van der Waals surface area (Å²) in [7, 11) is 0. The number of primary amides is 1. The summed E-state index contributed by atoms with van der Waals surface area (Å²) in [5, 5.41) is 3.58. The summed E-state index contributed by atoms with van der Waals surface area (Å²) in [4.78, 5) is 12.5. The van der Waals surface area contributed by atoms with Gasteiger partial charge in [-0.25, -0.2) is 10.1 Å². The first-order valence-electron chi connectivity index (χ1n) is 4.06. The second-order valence-corrected chi connectivity index (χ2v) is 2.67. The van der Waals surface area contributed by atoms with E-state index in [-0.39, 0.29) is 0 Å². The predicted molar refractivity (Wildman–Crippen MR) is 43.8 cm³/mol. The third kappa shape index (κ3) is 3.54. The van der Waals surface area contributed by atoms with Crippen LogP contribution in [0, 0.1) is 0 Å². The molecule has 5 nitrogen and oxygen atoms in total. The van der Waals surface area contributed by atoms with E-state index in [2.05, 4.69) is 10.2 Å². The van der Waals surface area contributed by atoms with Crippen molar-refractivity contribution in [3.05, 3.63) is 0 Å². The number of nitrogens with two attached hydrogens (primary N) is 1. The van der Waals surface area contributed by atoms with Gasteiger partial charge in [-0.2, -0.15) is 0 Å². The SMILES string of the molecule is NC(=O)[N]CCN1CCOCC1. The third-order valence-electron chi connectivity index (χ3n) is 1.79. The number of nitrogens with zero attached hydrogens (tertiary/aromatic N) is 2. The lowest BCUT2D eigenvalue weighted by molar-refractivity contribution is 0.0387. The molecule has 0 unspecified atom stereocenters. The monoisotopic (exact) mass is 172 g/mol. The highest BCUT2D eigenvalue weighted by Gasteiger charge is 2.09. The molecule has 0 aromatic heterocycles. The van der Waals surface area contributed by atoms with Crippen molar-refractivity contribution in [2.24, 2.45) is 5.73 Å². The minimum Gasteiger partial charge on any atom is -0.379 e. The Hall–Kier alpha value is -0.810. The average Bonchev–Trinajstić information content (AvgIpc) is 2.05. The number of carbonyl (C=O) groups is 1. The predicted octanol–water partition coefficient (Wildman–Crippen LogP) is -0.998. The average molecular weight is 172 g/mol. The first-order chi connectivity index (χ1) is 5.79. The summed E-state index contributed by atoms with van der Waals surface area (Å²) < 4.78 is 5.16. The van der Waals surface area contributed by atoms with E-state index in [1.54, 1.807) is 0 Å². The van der Waals surface area contributed by atoms with E-state index in [9.17, 15) is 4.79 Å². The van der Waals surface area contributed by atoms with E-state index in [1.807, 2.05) is 0 Å². The zero-order chi connectivity index (χ0) is 8.81. The van der Waals surface area contributed by atoms with Crippen molar-refractivity contribution in [2.45, 2.75) is 0 Å². The molecule has 2 N–H and O–H groups in total. The molecule has 1 aliphatic rings. The molecule has 0 bridgehead atoms. The number of urea groups is 1. The normalized spacial score (nSPS) is 19.0. The molecule has 0 aromatic rings. The standard InChI is InChI=1S/C7H14N3O2/c8-7(11)9-1-2-10-3-5-12-6-4-10/h1-6H2,(H2,8,11). The number of hydrogen-bond acceptors (Lipinski definition) is 3. The van der Waals surface area contributed by atoms with Crippen LogP contribution < -0.4 is 11.1 Å². The molecular weight excluding hydrogens is 158 g/mol. The van der Waals surface area contributed by atoms with Gasteiger partial charge in [-0.1, -0.05) is 0 Å². The van der Waals surface area contributed by atoms with Crippen LogP contribution in [-0.2, 0) is 4.74 Å². The largest absolute Gasteiger partial charge is 0.379 e. The van der Waals surface area contributed by atoms with E-state index >= 15 is 0 Å². The van der Waals surface area contributed by atoms with Crippen LogP contribution in [0.25, 0.3) is 0 Å². The fourth-order valence-electron chi connectivity index (χ4n) is 1.13. The maximum Gasteiger partial charge on any atom is 0.333 e. The Morgan fingerprint density at radius 2 is 2.17 bits per heavy atom. The number of rotatable bonds is 3.